The molecule has 4 heteroatoms. The van der Waals surface area contributed by atoms with Gasteiger partial charge in [-0.15, -0.1) is 11.8 Å². The normalized spacial score (nSPS) is 10.4. The first-order chi connectivity index (χ1) is 10.1. The van der Waals surface area contributed by atoms with Gasteiger partial charge in [-0.25, -0.2) is 0 Å². The Labute approximate surface area is 134 Å². The first kappa shape index (κ1) is 15.9. The smallest absolute Gasteiger partial charge is 0.234 e. The van der Waals surface area contributed by atoms with Gasteiger partial charge in [-0.05, 0) is 48.7 Å². The molecule has 0 unspecified atom stereocenters. The molecule has 0 aromatic heterocycles. The van der Waals surface area contributed by atoms with E-state index in [9.17, 15) is 4.79 Å². The molecule has 0 radical (unpaired) electrons. The predicted molar refractivity (Wildman–Crippen MR) is 92.2 cm³/mol. The highest BCUT2D eigenvalue weighted by atomic mass is 35.5. The molecule has 1 amide bonds. The molecule has 0 bridgehead atoms. The molecular formula is C17H18ClNOS. The number of aryl methyl sites for hydroxylation is 1. The summed E-state index contributed by atoms with van der Waals surface area (Å²) in [6, 6.07) is 13.6. The lowest BCUT2D eigenvalue weighted by atomic mass is 10.1. The lowest BCUT2D eigenvalue weighted by Gasteiger charge is -2.10. The van der Waals surface area contributed by atoms with Crippen molar-refractivity contribution >= 4 is 35.0 Å². The Morgan fingerprint density at radius 1 is 1.19 bits per heavy atom. The van der Waals surface area contributed by atoms with Crippen molar-refractivity contribution in [1.82, 2.24) is 0 Å². The zero-order valence-electron chi connectivity index (χ0n) is 12.2. The van der Waals surface area contributed by atoms with Gasteiger partial charge in [0, 0.05) is 16.5 Å². The minimum Gasteiger partial charge on any atom is -0.325 e. The van der Waals surface area contributed by atoms with Crippen LogP contribution in [0.2, 0.25) is 5.02 Å². The number of thioether (sulfide) groups is 1. The average Bonchev–Trinajstić information content (AvgIpc) is 2.44. The molecule has 2 aromatic rings. The molecule has 2 aromatic carbocycles. The number of anilines is 1. The number of halogens is 1. The summed E-state index contributed by atoms with van der Waals surface area (Å²) < 4.78 is 0. The van der Waals surface area contributed by atoms with Crippen molar-refractivity contribution in [2.24, 2.45) is 0 Å². The summed E-state index contributed by atoms with van der Waals surface area (Å²) in [6.07, 6.45) is 0. The second-order valence-electron chi connectivity index (χ2n) is 4.92. The number of hydrogen-bond acceptors (Lipinski definition) is 2. The van der Waals surface area contributed by atoms with Gasteiger partial charge in [0.2, 0.25) is 5.91 Å². The molecule has 2 nitrogen and oxygen atoms in total. The fourth-order valence-corrected chi connectivity index (χ4v) is 2.95. The van der Waals surface area contributed by atoms with Crippen molar-refractivity contribution in [3.8, 4) is 0 Å². The minimum atomic E-state index is 0.0238. The van der Waals surface area contributed by atoms with Gasteiger partial charge < -0.3 is 5.32 Å². The van der Waals surface area contributed by atoms with E-state index in [1.165, 1.54) is 5.56 Å². The van der Waals surface area contributed by atoms with Gasteiger partial charge in [-0.2, -0.15) is 0 Å². The van der Waals surface area contributed by atoms with Crippen molar-refractivity contribution < 1.29 is 4.79 Å². The van der Waals surface area contributed by atoms with Crippen LogP contribution in [0.5, 0.6) is 0 Å². The van der Waals surface area contributed by atoms with Crippen LogP contribution in [0, 0.1) is 13.8 Å². The molecule has 2 rings (SSSR count). The summed E-state index contributed by atoms with van der Waals surface area (Å²) >= 11 is 7.52. The number of carbonyl (C=O) groups excluding carboxylic acids is 1. The Hall–Kier alpha value is -1.45. The third-order valence-corrected chi connectivity index (χ3v) is 4.51. The second kappa shape index (κ2) is 7.53. The maximum absolute atomic E-state index is 12.0. The molecule has 0 aliphatic rings. The predicted octanol–water partition coefficient (Wildman–Crippen LogP) is 4.83. The highest BCUT2D eigenvalue weighted by molar-refractivity contribution is 7.99. The Morgan fingerprint density at radius 2 is 1.95 bits per heavy atom. The molecule has 0 atom stereocenters. The van der Waals surface area contributed by atoms with Crippen molar-refractivity contribution in [2.45, 2.75) is 19.6 Å². The van der Waals surface area contributed by atoms with Crippen LogP contribution in [0.1, 0.15) is 16.7 Å². The molecule has 0 heterocycles. The van der Waals surface area contributed by atoms with Crippen LogP contribution >= 0.6 is 23.4 Å². The van der Waals surface area contributed by atoms with Gasteiger partial charge in [-0.3, -0.25) is 4.79 Å². The van der Waals surface area contributed by atoms with Crippen LogP contribution in [0.15, 0.2) is 42.5 Å². The highest BCUT2D eigenvalue weighted by Crippen LogP contribution is 2.19. The van der Waals surface area contributed by atoms with Gasteiger partial charge >= 0.3 is 0 Å². The van der Waals surface area contributed by atoms with Crippen molar-refractivity contribution in [1.29, 1.82) is 0 Å². The zero-order chi connectivity index (χ0) is 15.2. The standard InChI is InChI=1S/C17H18ClNOS/c1-12-5-3-8-16(13(12)2)19-17(20)11-21-10-14-6-4-7-15(18)9-14/h3-9H,10-11H2,1-2H3,(H,19,20). The summed E-state index contributed by atoms with van der Waals surface area (Å²) in [5.41, 5.74) is 4.32. The molecule has 0 saturated carbocycles. The van der Waals surface area contributed by atoms with Gasteiger partial charge in [0.25, 0.3) is 0 Å². The third-order valence-electron chi connectivity index (χ3n) is 3.27. The number of carbonyl (C=O) groups is 1. The fraction of sp³-hybridized carbons (Fsp3) is 0.235. The lowest BCUT2D eigenvalue weighted by Crippen LogP contribution is -2.15. The topological polar surface area (TPSA) is 29.1 Å². The molecule has 110 valence electrons. The van der Waals surface area contributed by atoms with Crippen LogP contribution in [-0.4, -0.2) is 11.7 Å². The van der Waals surface area contributed by atoms with Crippen molar-refractivity contribution in [3.05, 3.63) is 64.2 Å². The Morgan fingerprint density at radius 3 is 2.71 bits per heavy atom. The van der Waals surface area contributed by atoms with Gasteiger partial charge in [0.15, 0.2) is 0 Å². The lowest BCUT2D eigenvalue weighted by molar-refractivity contribution is -0.113. The summed E-state index contributed by atoms with van der Waals surface area (Å²) in [5, 5.41) is 3.69. The quantitative estimate of drug-likeness (QED) is 0.855. The van der Waals surface area contributed by atoms with Crippen LogP contribution in [0.25, 0.3) is 0 Å². The van der Waals surface area contributed by atoms with Crippen molar-refractivity contribution in [2.75, 3.05) is 11.1 Å². The fourth-order valence-electron chi connectivity index (χ4n) is 1.96. The van der Waals surface area contributed by atoms with E-state index in [0.717, 1.165) is 27.6 Å². The molecule has 0 fully saturated rings. The van der Waals surface area contributed by atoms with E-state index < -0.39 is 0 Å². The summed E-state index contributed by atoms with van der Waals surface area (Å²) in [5.74, 6) is 1.23. The Balaban J connectivity index is 1.84. The maximum Gasteiger partial charge on any atom is 0.234 e. The molecule has 1 N–H and O–H groups in total. The van der Waals surface area contributed by atoms with Crippen LogP contribution in [0.4, 0.5) is 5.69 Å². The molecule has 0 aliphatic carbocycles. The number of amides is 1. The third kappa shape index (κ3) is 4.80. The van der Waals surface area contributed by atoms with Crippen LogP contribution < -0.4 is 5.32 Å². The van der Waals surface area contributed by atoms with Crippen LogP contribution in [0.3, 0.4) is 0 Å². The van der Waals surface area contributed by atoms with E-state index in [1.54, 1.807) is 11.8 Å². The molecule has 21 heavy (non-hydrogen) atoms. The first-order valence-electron chi connectivity index (χ1n) is 6.74. The summed E-state index contributed by atoms with van der Waals surface area (Å²) in [6.45, 7) is 4.06. The van der Waals surface area contributed by atoms with E-state index in [4.69, 9.17) is 11.6 Å². The van der Waals surface area contributed by atoms with E-state index in [1.807, 2.05) is 56.3 Å². The van der Waals surface area contributed by atoms with E-state index in [2.05, 4.69) is 5.32 Å². The van der Waals surface area contributed by atoms with Gasteiger partial charge in [0.05, 0.1) is 5.75 Å². The number of benzene rings is 2. The molecule has 0 spiro atoms. The number of hydrogen-bond donors (Lipinski definition) is 1. The average molecular weight is 320 g/mol. The van der Waals surface area contributed by atoms with E-state index in [0.29, 0.717) is 5.75 Å². The first-order valence-corrected chi connectivity index (χ1v) is 8.28. The Bertz CT molecular complexity index is 642. The molecule has 0 saturated heterocycles. The van der Waals surface area contributed by atoms with Gasteiger partial charge in [0.1, 0.15) is 0 Å². The van der Waals surface area contributed by atoms with E-state index in [-0.39, 0.29) is 5.91 Å². The summed E-state index contributed by atoms with van der Waals surface area (Å²) in [7, 11) is 0. The SMILES string of the molecule is Cc1cccc(NC(=O)CSCc2cccc(Cl)c2)c1C. The Kier molecular flexibility index (Phi) is 5.71. The highest BCUT2D eigenvalue weighted by Gasteiger charge is 2.06. The largest absolute Gasteiger partial charge is 0.325 e. The maximum atomic E-state index is 12.0. The number of nitrogens with one attached hydrogen (secondary N) is 1. The molecule has 0 aliphatic heterocycles. The monoisotopic (exact) mass is 319 g/mol. The van der Waals surface area contributed by atoms with Crippen molar-refractivity contribution in [3.63, 3.8) is 0 Å². The zero-order valence-corrected chi connectivity index (χ0v) is 13.7. The second-order valence-corrected chi connectivity index (χ2v) is 6.34. The molecular weight excluding hydrogens is 302 g/mol. The van der Waals surface area contributed by atoms with Crippen LogP contribution in [-0.2, 0) is 10.5 Å². The number of rotatable bonds is 5. The van der Waals surface area contributed by atoms with E-state index >= 15 is 0 Å². The minimum absolute atomic E-state index is 0.0238. The summed E-state index contributed by atoms with van der Waals surface area (Å²) in [4.78, 5) is 12.0. The van der Waals surface area contributed by atoms with Gasteiger partial charge in [-0.1, -0.05) is 35.9 Å².